The van der Waals surface area contributed by atoms with E-state index in [1.165, 1.54) is 16.7 Å². The number of nitrogens with zero attached hydrogens (tertiary/aromatic N) is 4. The number of fused-ring (bicyclic) bond motifs is 1. The Labute approximate surface area is 220 Å². The van der Waals surface area contributed by atoms with Gasteiger partial charge in [-0.15, -0.1) is 0 Å². The van der Waals surface area contributed by atoms with Crippen molar-refractivity contribution in [3.05, 3.63) is 66.0 Å². The van der Waals surface area contributed by atoms with Crippen LogP contribution in [0.4, 0.5) is 4.79 Å². The first-order chi connectivity index (χ1) is 17.7. The smallest absolute Gasteiger partial charge is 0.410 e. The number of carbonyl (C=O) groups excluding carboxylic acids is 1. The third-order valence-electron chi connectivity index (χ3n) is 8.32. The number of benzene rings is 1. The molecule has 1 spiro atoms. The summed E-state index contributed by atoms with van der Waals surface area (Å²) < 4.78 is 8.43. The number of aliphatic imine (C=N–C) groups is 1. The molecule has 2 fully saturated rings. The van der Waals surface area contributed by atoms with E-state index >= 15 is 0 Å². The monoisotopic (exact) mass is 500 g/mol. The molecule has 196 valence electrons. The van der Waals surface area contributed by atoms with Crippen molar-refractivity contribution in [2.45, 2.75) is 71.9 Å². The number of rotatable bonds is 7. The van der Waals surface area contributed by atoms with Crippen LogP contribution in [0.5, 0.6) is 0 Å². The first-order valence-electron chi connectivity index (χ1n) is 13.7. The molecule has 2 heterocycles. The Hall–Kier alpha value is -3.15. The summed E-state index contributed by atoms with van der Waals surface area (Å²) in [7, 11) is 0. The lowest BCUT2D eigenvalue weighted by Crippen LogP contribution is -2.43. The second kappa shape index (κ2) is 10.3. The molecular weight excluding hydrogens is 460 g/mol. The van der Waals surface area contributed by atoms with E-state index in [0.717, 1.165) is 49.9 Å². The summed E-state index contributed by atoms with van der Waals surface area (Å²) in [4.78, 5) is 24.5. The molecule has 37 heavy (non-hydrogen) atoms. The van der Waals surface area contributed by atoms with Gasteiger partial charge in [-0.25, -0.2) is 9.78 Å². The molecule has 2 unspecified atom stereocenters. The summed E-state index contributed by atoms with van der Waals surface area (Å²) in [6.07, 6.45) is 17.5. The molecule has 1 saturated carbocycles. The van der Waals surface area contributed by atoms with Crippen molar-refractivity contribution in [3.8, 4) is 0 Å². The second-order valence-electron chi connectivity index (χ2n) is 11.8. The predicted molar refractivity (Wildman–Crippen MR) is 150 cm³/mol. The van der Waals surface area contributed by atoms with Crippen LogP contribution in [0.1, 0.15) is 58.4 Å². The number of allylic oxidation sites excluding steroid dienone is 4. The number of ether oxygens (including phenoxy) is 1. The van der Waals surface area contributed by atoms with E-state index in [2.05, 4.69) is 85.8 Å². The second-order valence-corrected chi connectivity index (χ2v) is 11.8. The lowest BCUT2D eigenvalue weighted by Gasteiger charge is -2.36. The summed E-state index contributed by atoms with van der Waals surface area (Å²) >= 11 is 0. The van der Waals surface area contributed by atoms with E-state index in [-0.39, 0.29) is 17.1 Å². The number of amides is 1. The topological polar surface area (TPSA) is 59.7 Å². The quantitative estimate of drug-likeness (QED) is 0.400. The van der Waals surface area contributed by atoms with Crippen LogP contribution in [-0.4, -0.2) is 51.5 Å². The minimum absolute atomic E-state index is 0.175. The van der Waals surface area contributed by atoms with Gasteiger partial charge in [-0.1, -0.05) is 50.3 Å². The van der Waals surface area contributed by atoms with Gasteiger partial charge < -0.3 is 14.2 Å². The Morgan fingerprint density at radius 1 is 1.30 bits per heavy atom. The Bertz CT molecular complexity index is 1280. The summed E-state index contributed by atoms with van der Waals surface area (Å²) in [5.74, 6) is 0.464. The fourth-order valence-corrected chi connectivity index (χ4v) is 6.00. The zero-order chi connectivity index (χ0) is 26.0. The lowest BCUT2D eigenvalue weighted by molar-refractivity contribution is 0.00413. The van der Waals surface area contributed by atoms with E-state index in [1.54, 1.807) is 0 Å². The molecule has 1 aromatic carbocycles. The van der Waals surface area contributed by atoms with E-state index < -0.39 is 0 Å². The van der Waals surface area contributed by atoms with E-state index in [0.29, 0.717) is 25.6 Å². The van der Waals surface area contributed by atoms with Crippen LogP contribution in [-0.2, 0) is 11.3 Å². The Morgan fingerprint density at radius 3 is 3.03 bits per heavy atom. The van der Waals surface area contributed by atoms with Gasteiger partial charge in [0.25, 0.3) is 0 Å². The Morgan fingerprint density at radius 2 is 2.16 bits per heavy atom. The van der Waals surface area contributed by atoms with Gasteiger partial charge in [-0.3, -0.25) is 4.99 Å². The normalized spacial score (nSPS) is 24.6. The zero-order valence-electron chi connectivity index (χ0n) is 22.7. The number of carbonyl (C=O) groups is 1. The number of hydrogen-bond acceptors (Lipinski definition) is 4. The SMILES string of the molecule is CC(=NCC1=CCC=CC=C1)C(C)(C)CN1CC2(CCCC(Cn3cnc4ccc(C)cc43)C2)OC1=O. The molecule has 0 N–H and O–H groups in total. The highest BCUT2D eigenvalue weighted by molar-refractivity contribution is 5.88. The minimum Gasteiger partial charge on any atom is -0.441 e. The highest BCUT2D eigenvalue weighted by atomic mass is 16.6. The first-order valence-corrected chi connectivity index (χ1v) is 13.7. The molecule has 5 rings (SSSR count). The van der Waals surface area contributed by atoms with Crippen LogP contribution in [0.2, 0.25) is 0 Å². The van der Waals surface area contributed by atoms with Crippen molar-refractivity contribution in [2.24, 2.45) is 16.3 Å². The number of imidazole rings is 1. The highest BCUT2D eigenvalue weighted by Crippen LogP contribution is 2.41. The van der Waals surface area contributed by atoms with Crippen molar-refractivity contribution in [2.75, 3.05) is 19.6 Å². The summed E-state index contributed by atoms with van der Waals surface area (Å²) in [6, 6.07) is 6.41. The minimum atomic E-state index is -0.379. The van der Waals surface area contributed by atoms with Crippen LogP contribution in [0.3, 0.4) is 0 Å². The average molecular weight is 501 g/mol. The van der Waals surface area contributed by atoms with Crippen LogP contribution in [0.15, 0.2) is 65.5 Å². The van der Waals surface area contributed by atoms with Crippen LogP contribution >= 0.6 is 0 Å². The summed E-state index contributed by atoms with van der Waals surface area (Å²) in [6.45, 7) is 11.4. The van der Waals surface area contributed by atoms with E-state index in [9.17, 15) is 4.79 Å². The predicted octanol–water partition coefficient (Wildman–Crippen LogP) is 6.66. The molecule has 1 amide bonds. The number of aryl methyl sites for hydroxylation is 1. The zero-order valence-corrected chi connectivity index (χ0v) is 22.7. The van der Waals surface area contributed by atoms with Crippen molar-refractivity contribution < 1.29 is 9.53 Å². The molecule has 6 heteroatoms. The number of hydrogen-bond donors (Lipinski definition) is 0. The van der Waals surface area contributed by atoms with Crippen molar-refractivity contribution >= 4 is 22.8 Å². The maximum absolute atomic E-state index is 13.1. The maximum atomic E-state index is 13.1. The molecule has 2 atom stereocenters. The van der Waals surface area contributed by atoms with Gasteiger partial charge >= 0.3 is 6.09 Å². The Kier molecular flexibility index (Phi) is 7.11. The standard InChI is InChI=1S/C31H40N4O2/c1-23-13-14-27-28(16-23)34(22-33-27)19-26-12-9-15-31(17-26)21-35(29(36)37-31)20-30(3,4)24(2)32-18-25-10-7-5-6-8-11-25/h5-7,10-11,13-14,16,22,26H,8-9,12,15,17-21H2,1-4H3. The largest absolute Gasteiger partial charge is 0.441 e. The van der Waals surface area contributed by atoms with Gasteiger partial charge in [0.05, 0.1) is 30.5 Å². The molecule has 6 nitrogen and oxygen atoms in total. The third kappa shape index (κ3) is 5.73. The fraction of sp³-hybridized carbons (Fsp3) is 0.516. The van der Waals surface area contributed by atoms with Gasteiger partial charge in [0.15, 0.2) is 0 Å². The van der Waals surface area contributed by atoms with Gasteiger partial charge in [-0.05, 0) is 75.1 Å². The summed E-state index contributed by atoms with van der Waals surface area (Å²) in [5.41, 5.74) is 5.17. The maximum Gasteiger partial charge on any atom is 0.410 e. The van der Waals surface area contributed by atoms with E-state index in [1.807, 2.05) is 11.2 Å². The van der Waals surface area contributed by atoms with Crippen LogP contribution in [0.25, 0.3) is 11.0 Å². The van der Waals surface area contributed by atoms with Gasteiger partial charge in [0.2, 0.25) is 0 Å². The number of aromatic nitrogens is 2. The third-order valence-corrected chi connectivity index (χ3v) is 8.32. The molecular formula is C31H40N4O2. The average Bonchev–Trinajstić information content (AvgIpc) is 3.24. The van der Waals surface area contributed by atoms with Gasteiger partial charge in [0.1, 0.15) is 5.60 Å². The molecule has 2 aromatic rings. The van der Waals surface area contributed by atoms with Crippen molar-refractivity contribution in [3.63, 3.8) is 0 Å². The van der Waals surface area contributed by atoms with E-state index in [4.69, 9.17) is 9.73 Å². The Balaban J connectivity index is 1.22. The first kappa shape index (κ1) is 25.5. The molecule has 0 bridgehead atoms. The summed E-state index contributed by atoms with van der Waals surface area (Å²) in [5, 5.41) is 0. The van der Waals surface area contributed by atoms with Crippen LogP contribution in [0, 0.1) is 18.3 Å². The fourth-order valence-electron chi connectivity index (χ4n) is 6.00. The molecule has 0 radical (unpaired) electrons. The van der Waals surface area contributed by atoms with Gasteiger partial charge in [0, 0.05) is 24.2 Å². The van der Waals surface area contributed by atoms with Gasteiger partial charge in [-0.2, -0.15) is 0 Å². The van der Waals surface area contributed by atoms with Crippen LogP contribution < -0.4 is 0 Å². The highest BCUT2D eigenvalue weighted by Gasteiger charge is 2.49. The van der Waals surface area contributed by atoms with Crippen molar-refractivity contribution in [1.29, 1.82) is 0 Å². The molecule has 1 aliphatic heterocycles. The molecule has 2 aliphatic carbocycles. The molecule has 3 aliphatic rings. The molecule has 1 saturated heterocycles. The lowest BCUT2D eigenvalue weighted by atomic mass is 9.77. The molecule has 1 aromatic heterocycles. The van der Waals surface area contributed by atoms with Crippen molar-refractivity contribution in [1.82, 2.24) is 14.5 Å².